The van der Waals surface area contributed by atoms with E-state index in [2.05, 4.69) is 26.1 Å². The molecule has 0 heterocycles. The Hall–Kier alpha value is -0.0800. The molecular formula is C13H27NO. The molecule has 1 aliphatic carbocycles. The van der Waals surface area contributed by atoms with Crippen LogP contribution in [0.5, 0.6) is 0 Å². The monoisotopic (exact) mass is 213 g/mol. The van der Waals surface area contributed by atoms with Gasteiger partial charge in [0.25, 0.3) is 0 Å². The van der Waals surface area contributed by atoms with Crippen LogP contribution >= 0.6 is 0 Å². The van der Waals surface area contributed by atoms with E-state index in [1.807, 2.05) is 0 Å². The van der Waals surface area contributed by atoms with Crippen LogP contribution in [0, 0.1) is 5.41 Å². The second kappa shape index (κ2) is 6.49. The van der Waals surface area contributed by atoms with Crippen molar-refractivity contribution in [2.24, 2.45) is 5.41 Å². The molecule has 0 saturated heterocycles. The lowest BCUT2D eigenvalue weighted by molar-refractivity contribution is 0.127. The molecule has 1 saturated carbocycles. The predicted molar refractivity (Wildman–Crippen MR) is 65.1 cm³/mol. The lowest BCUT2D eigenvalue weighted by atomic mass is 10.0. The Balaban J connectivity index is 1.84. The van der Waals surface area contributed by atoms with Gasteiger partial charge in [-0.15, -0.1) is 0 Å². The fourth-order valence-electron chi connectivity index (χ4n) is 1.72. The van der Waals surface area contributed by atoms with E-state index in [1.54, 1.807) is 0 Å². The molecular weight excluding hydrogens is 186 g/mol. The van der Waals surface area contributed by atoms with E-state index in [4.69, 9.17) is 4.74 Å². The first-order valence-corrected chi connectivity index (χ1v) is 6.50. The highest BCUT2D eigenvalue weighted by molar-refractivity contribution is 4.96. The predicted octanol–water partition coefficient (Wildman–Crippen LogP) is 2.97. The summed E-state index contributed by atoms with van der Waals surface area (Å²) in [6.45, 7) is 9.83. The highest BCUT2D eigenvalue weighted by Gasteiger charge is 2.41. The van der Waals surface area contributed by atoms with Crippen molar-refractivity contribution in [3.63, 3.8) is 0 Å². The lowest BCUT2D eigenvalue weighted by Gasteiger charge is -2.20. The van der Waals surface area contributed by atoms with Crippen molar-refractivity contribution in [3.05, 3.63) is 0 Å². The van der Waals surface area contributed by atoms with Crippen LogP contribution < -0.4 is 5.32 Å². The summed E-state index contributed by atoms with van der Waals surface area (Å²) < 4.78 is 5.52. The van der Waals surface area contributed by atoms with Crippen LogP contribution in [0.2, 0.25) is 0 Å². The molecule has 0 bridgehead atoms. The zero-order chi connectivity index (χ0) is 11.1. The van der Waals surface area contributed by atoms with Gasteiger partial charge in [0.1, 0.15) is 0 Å². The molecule has 1 N–H and O–H groups in total. The number of hydrogen-bond donors (Lipinski definition) is 1. The van der Waals surface area contributed by atoms with Crippen LogP contribution in [-0.2, 0) is 4.74 Å². The molecule has 2 nitrogen and oxygen atoms in total. The highest BCUT2D eigenvalue weighted by atomic mass is 16.5. The number of rotatable bonds is 9. The number of ether oxygens (including phenoxy) is 1. The SMILES string of the molecule is CCCCOCCCNC(C)C1(C)CC1. The van der Waals surface area contributed by atoms with Crippen LogP contribution in [0.4, 0.5) is 0 Å². The molecule has 1 unspecified atom stereocenters. The molecule has 0 amide bonds. The van der Waals surface area contributed by atoms with Gasteiger partial charge < -0.3 is 10.1 Å². The third kappa shape index (κ3) is 4.98. The summed E-state index contributed by atoms with van der Waals surface area (Å²) in [5, 5.41) is 3.60. The van der Waals surface area contributed by atoms with Gasteiger partial charge in [0, 0.05) is 19.3 Å². The maximum Gasteiger partial charge on any atom is 0.0478 e. The Morgan fingerprint density at radius 2 is 1.93 bits per heavy atom. The number of hydrogen-bond acceptors (Lipinski definition) is 2. The van der Waals surface area contributed by atoms with Crippen LogP contribution in [0.25, 0.3) is 0 Å². The second-order valence-corrected chi connectivity index (χ2v) is 5.15. The maximum absolute atomic E-state index is 5.52. The molecule has 0 radical (unpaired) electrons. The zero-order valence-electron chi connectivity index (χ0n) is 10.6. The third-order valence-corrected chi connectivity index (χ3v) is 3.64. The Kier molecular flexibility index (Phi) is 5.62. The average Bonchev–Trinajstić information content (AvgIpc) is 2.96. The standard InChI is InChI=1S/C13H27NO/c1-4-5-10-15-11-6-9-14-12(2)13(3)7-8-13/h12,14H,4-11H2,1-3H3. The van der Waals surface area contributed by atoms with Gasteiger partial charge in [0.15, 0.2) is 0 Å². The van der Waals surface area contributed by atoms with Gasteiger partial charge in [0.05, 0.1) is 0 Å². The Morgan fingerprint density at radius 1 is 1.27 bits per heavy atom. The molecule has 1 aliphatic rings. The van der Waals surface area contributed by atoms with Gasteiger partial charge in [-0.05, 0) is 44.6 Å². The quantitative estimate of drug-likeness (QED) is 0.595. The van der Waals surface area contributed by atoms with E-state index in [-0.39, 0.29) is 0 Å². The van der Waals surface area contributed by atoms with Gasteiger partial charge >= 0.3 is 0 Å². The van der Waals surface area contributed by atoms with Gasteiger partial charge in [-0.3, -0.25) is 0 Å². The maximum atomic E-state index is 5.52. The van der Waals surface area contributed by atoms with Crippen molar-refractivity contribution in [2.75, 3.05) is 19.8 Å². The molecule has 0 spiro atoms. The summed E-state index contributed by atoms with van der Waals surface area (Å²) in [6.07, 6.45) is 6.36. The number of unbranched alkanes of at least 4 members (excludes halogenated alkanes) is 1. The van der Waals surface area contributed by atoms with Crippen molar-refractivity contribution in [1.29, 1.82) is 0 Å². The summed E-state index contributed by atoms with van der Waals surface area (Å²) >= 11 is 0. The van der Waals surface area contributed by atoms with Gasteiger partial charge in [-0.25, -0.2) is 0 Å². The fourth-order valence-corrected chi connectivity index (χ4v) is 1.72. The zero-order valence-corrected chi connectivity index (χ0v) is 10.6. The van der Waals surface area contributed by atoms with Gasteiger partial charge in [-0.2, -0.15) is 0 Å². The van der Waals surface area contributed by atoms with Crippen LogP contribution in [-0.4, -0.2) is 25.8 Å². The van der Waals surface area contributed by atoms with Crippen molar-refractivity contribution < 1.29 is 4.74 Å². The summed E-state index contributed by atoms with van der Waals surface area (Å²) in [5.74, 6) is 0. The average molecular weight is 213 g/mol. The Morgan fingerprint density at radius 3 is 2.53 bits per heavy atom. The molecule has 1 fully saturated rings. The van der Waals surface area contributed by atoms with Crippen molar-refractivity contribution in [3.8, 4) is 0 Å². The smallest absolute Gasteiger partial charge is 0.0478 e. The molecule has 15 heavy (non-hydrogen) atoms. The molecule has 2 heteroatoms. The molecule has 1 rings (SSSR count). The summed E-state index contributed by atoms with van der Waals surface area (Å²) in [6, 6.07) is 0.674. The lowest BCUT2D eigenvalue weighted by Crippen LogP contribution is -2.34. The van der Waals surface area contributed by atoms with Gasteiger partial charge in [0.2, 0.25) is 0 Å². The van der Waals surface area contributed by atoms with E-state index in [1.165, 1.54) is 25.7 Å². The van der Waals surface area contributed by atoms with Crippen molar-refractivity contribution >= 4 is 0 Å². The highest BCUT2D eigenvalue weighted by Crippen LogP contribution is 2.47. The Bertz CT molecular complexity index is 166. The summed E-state index contributed by atoms with van der Waals surface area (Å²) in [5.41, 5.74) is 0.600. The number of nitrogens with one attached hydrogen (secondary N) is 1. The van der Waals surface area contributed by atoms with E-state index < -0.39 is 0 Å². The summed E-state index contributed by atoms with van der Waals surface area (Å²) in [7, 11) is 0. The molecule has 0 aromatic carbocycles. The second-order valence-electron chi connectivity index (χ2n) is 5.15. The van der Waals surface area contributed by atoms with E-state index in [0.29, 0.717) is 11.5 Å². The van der Waals surface area contributed by atoms with Crippen molar-refractivity contribution in [1.82, 2.24) is 5.32 Å². The van der Waals surface area contributed by atoms with Crippen LogP contribution in [0.3, 0.4) is 0 Å². The first-order valence-electron chi connectivity index (χ1n) is 6.50. The van der Waals surface area contributed by atoms with Gasteiger partial charge in [-0.1, -0.05) is 20.3 Å². The Labute approximate surface area is 94.8 Å². The molecule has 90 valence electrons. The third-order valence-electron chi connectivity index (χ3n) is 3.64. The molecule has 0 aliphatic heterocycles. The van der Waals surface area contributed by atoms with Crippen molar-refractivity contribution in [2.45, 2.75) is 58.9 Å². The first kappa shape index (κ1) is 13.0. The summed E-state index contributed by atoms with van der Waals surface area (Å²) in [4.78, 5) is 0. The van der Waals surface area contributed by atoms with E-state index >= 15 is 0 Å². The minimum Gasteiger partial charge on any atom is -0.381 e. The molecule has 1 atom stereocenters. The fraction of sp³-hybridized carbons (Fsp3) is 1.00. The van der Waals surface area contributed by atoms with Crippen LogP contribution in [0.1, 0.15) is 52.9 Å². The largest absolute Gasteiger partial charge is 0.381 e. The minimum absolute atomic E-state index is 0.600. The normalized spacial score (nSPS) is 20.2. The van der Waals surface area contributed by atoms with E-state index in [0.717, 1.165) is 26.2 Å². The van der Waals surface area contributed by atoms with E-state index in [9.17, 15) is 0 Å². The molecule has 0 aromatic rings. The van der Waals surface area contributed by atoms with Crippen LogP contribution in [0.15, 0.2) is 0 Å². The minimum atomic E-state index is 0.600. The first-order chi connectivity index (χ1) is 7.19. The molecule has 0 aromatic heterocycles. The topological polar surface area (TPSA) is 21.3 Å².